The Balaban J connectivity index is 0.00000323. The van der Waals surface area contributed by atoms with Crippen LogP contribution < -0.4 is 69.3 Å². The molecule has 13 nitrogen and oxygen atoms in total. The topological polar surface area (TPSA) is 217 Å². The minimum absolute atomic E-state index is 0. The van der Waals surface area contributed by atoms with Crippen LogP contribution in [0.5, 0.6) is 5.75 Å². The van der Waals surface area contributed by atoms with Gasteiger partial charge in [-0.05, 0) is 90.7 Å². The van der Waals surface area contributed by atoms with Crippen molar-refractivity contribution >= 4 is 76.9 Å². The molecule has 4 rings (SSSR count). The molecule has 0 aromatic heterocycles. The van der Waals surface area contributed by atoms with Crippen molar-refractivity contribution in [2.75, 3.05) is 0 Å². The first-order valence-electron chi connectivity index (χ1n) is 11.3. The molecule has 0 unspecified atom stereocenters. The summed E-state index contributed by atoms with van der Waals surface area (Å²) in [7, 11) is -9.52. The first kappa shape index (κ1) is 36.9. The van der Waals surface area contributed by atoms with Gasteiger partial charge < -0.3 is 10.2 Å². The first-order valence-corrected chi connectivity index (χ1v) is 14.6. The number of benzene rings is 4. The van der Waals surface area contributed by atoms with Gasteiger partial charge in [0.25, 0.3) is 20.2 Å². The number of hydrogen-bond donors (Lipinski definition) is 2. The van der Waals surface area contributed by atoms with E-state index in [1.807, 2.05) is 0 Å². The van der Waals surface area contributed by atoms with Crippen LogP contribution in [0.4, 0.5) is 28.4 Å². The van der Waals surface area contributed by atoms with Gasteiger partial charge in [0.15, 0.2) is 0 Å². The number of rotatable bonds is 7. The zero-order valence-electron chi connectivity index (χ0n) is 23.0. The second kappa shape index (κ2) is 14.7. The van der Waals surface area contributed by atoms with Gasteiger partial charge in [0.1, 0.15) is 15.5 Å². The summed E-state index contributed by atoms with van der Waals surface area (Å²) in [5.41, 5.74) is 0.379. The van der Waals surface area contributed by atoms with E-state index in [4.69, 9.17) is 11.6 Å². The Labute approximate surface area is 295 Å². The van der Waals surface area contributed by atoms with Crippen LogP contribution in [-0.2, 0) is 20.2 Å². The molecule has 18 heteroatoms. The maximum Gasteiger partial charge on any atom is 1.00 e. The molecule has 0 saturated heterocycles. The van der Waals surface area contributed by atoms with Gasteiger partial charge in [0.2, 0.25) is 0 Å². The standard InChI is InChI=1S/C25H20ClN5O8S2.2Na/c1-13-9-18(5-8-20(13)29-30-21-7-3-16(26)12-22(21)40(34,35)36)28-31-24-23(41(37,38)39)11-15-10-17(27-14(2)32)4-6-19(15)25(24)33;;/h3-12,33H,1-2H3,(H,27,32)(H,34,35,36)(H,37,38,39);;/q;2*+1/p-2. The van der Waals surface area contributed by atoms with Gasteiger partial charge in [0, 0.05) is 5.02 Å². The summed E-state index contributed by atoms with van der Waals surface area (Å²) in [6.07, 6.45) is 0. The Hall–Kier alpha value is -2.28. The van der Waals surface area contributed by atoms with E-state index in [0.29, 0.717) is 11.3 Å². The van der Waals surface area contributed by atoms with Crippen molar-refractivity contribution < 1.29 is 95.3 Å². The van der Waals surface area contributed by atoms with Crippen molar-refractivity contribution in [3.05, 3.63) is 71.2 Å². The van der Waals surface area contributed by atoms with E-state index in [1.54, 1.807) is 6.92 Å². The zero-order valence-corrected chi connectivity index (χ0v) is 29.4. The van der Waals surface area contributed by atoms with Crippen LogP contribution in [0.2, 0.25) is 5.02 Å². The average molecular weight is 662 g/mol. The molecule has 0 heterocycles. The number of azo groups is 2. The van der Waals surface area contributed by atoms with Crippen LogP contribution in [0.15, 0.2) is 95.9 Å². The van der Waals surface area contributed by atoms with Gasteiger partial charge in [-0.2, -0.15) is 27.1 Å². The smallest absolute Gasteiger partial charge is 0.871 e. The normalized spacial score (nSPS) is 12.4. The van der Waals surface area contributed by atoms with E-state index in [9.17, 15) is 36.2 Å². The molecule has 0 aliphatic rings. The number of aliphatic imine (C=N–C) groups is 1. The number of aryl methyl sites for hydroxylation is 1. The van der Waals surface area contributed by atoms with E-state index in [1.165, 1.54) is 55.5 Å². The van der Waals surface area contributed by atoms with E-state index in [2.05, 4.69) is 25.4 Å². The third-order valence-corrected chi connectivity index (χ3v) is 7.48. The Kier molecular flexibility index (Phi) is 12.6. The summed E-state index contributed by atoms with van der Waals surface area (Å²) < 4.78 is 66.6. The monoisotopic (exact) mass is 661 g/mol. The second-order valence-electron chi connectivity index (χ2n) is 8.52. The van der Waals surface area contributed by atoms with Gasteiger partial charge in [0.05, 0.1) is 22.7 Å². The Morgan fingerprint density at radius 2 is 1.37 bits per heavy atom. The average Bonchev–Trinajstić information content (AvgIpc) is 2.86. The first-order chi connectivity index (χ1) is 19.1. The van der Waals surface area contributed by atoms with Crippen LogP contribution in [0.3, 0.4) is 0 Å². The van der Waals surface area contributed by atoms with Crippen LogP contribution in [0.25, 0.3) is 10.8 Å². The van der Waals surface area contributed by atoms with Crippen molar-refractivity contribution in [3.63, 3.8) is 0 Å². The molecular formula is C25H18ClN5Na2O8S2. The van der Waals surface area contributed by atoms with E-state index in [-0.39, 0.29) is 92.0 Å². The molecule has 0 amide bonds. The summed E-state index contributed by atoms with van der Waals surface area (Å²) in [4.78, 5) is 2.43. The van der Waals surface area contributed by atoms with Gasteiger partial charge in [-0.3, -0.25) is 14.1 Å². The number of hydrogen-bond acceptors (Lipinski definition) is 11. The van der Waals surface area contributed by atoms with Crippen molar-refractivity contribution in [2.24, 2.45) is 25.4 Å². The predicted octanol–water partition coefficient (Wildman–Crippen LogP) is -0.382. The van der Waals surface area contributed by atoms with Gasteiger partial charge in [-0.25, -0.2) is 0 Å². The van der Waals surface area contributed by atoms with Crippen molar-refractivity contribution in [1.29, 1.82) is 0 Å². The van der Waals surface area contributed by atoms with Gasteiger partial charge in [-0.15, -0.1) is 10.2 Å². The zero-order chi connectivity index (χ0) is 30.1. The summed E-state index contributed by atoms with van der Waals surface area (Å²) in [6.45, 7) is 2.86. The maximum absolute atomic E-state index is 13.1. The SMILES string of the molecule is CC([O-])=Nc1ccc2c([O-])c(N=Nc3ccc(N=Nc4ccc(Cl)cc4S(=O)(=O)O)c(C)c3)c(S(=O)(=O)O)cc2c1.[Na+].[Na+]. The van der Waals surface area contributed by atoms with Crippen LogP contribution in [0, 0.1) is 6.92 Å². The predicted molar refractivity (Wildman–Crippen MR) is 147 cm³/mol. The molecule has 0 spiro atoms. The molecule has 0 atom stereocenters. The molecule has 0 bridgehead atoms. The quantitative estimate of drug-likeness (QED) is 0.0872. The fourth-order valence-corrected chi connectivity index (χ4v) is 5.21. The molecule has 0 saturated carbocycles. The second-order valence-corrected chi connectivity index (χ2v) is 11.7. The fraction of sp³-hybridized carbons (Fsp3) is 0.0800. The Bertz CT molecular complexity index is 2020. The molecule has 0 aliphatic heterocycles. The van der Waals surface area contributed by atoms with Crippen molar-refractivity contribution in [2.45, 2.75) is 23.6 Å². The van der Waals surface area contributed by atoms with Crippen LogP contribution in [0.1, 0.15) is 12.5 Å². The minimum Gasteiger partial charge on any atom is -0.871 e. The van der Waals surface area contributed by atoms with E-state index in [0.717, 1.165) is 12.1 Å². The van der Waals surface area contributed by atoms with Gasteiger partial charge in [-0.1, -0.05) is 23.4 Å². The Morgan fingerprint density at radius 3 is 1.98 bits per heavy atom. The molecule has 0 fully saturated rings. The molecule has 212 valence electrons. The third-order valence-electron chi connectivity index (χ3n) is 5.49. The van der Waals surface area contributed by atoms with E-state index >= 15 is 0 Å². The molecule has 0 aliphatic carbocycles. The number of nitrogens with zero attached hydrogens (tertiary/aromatic N) is 5. The largest absolute Gasteiger partial charge is 1.00 e. The number of halogens is 1. The summed E-state index contributed by atoms with van der Waals surface area (Å²) in [5.74, 6) is -1.32. The molecule has 2 N–H and O–H groups in total. The van der Waals surface area contributed by atoms with Gasteiger partial charge >= 0.3 is 59.1 Å². The fourth-order valence-electron chi connectivity index (χ4n) is 3.67. The van der Waals surface area contributed by atoms with Crippen molar-refractivity contribution in [3.8, 4) is 5.75 Å². The summed E-state index contributed by atoms with van der Waals surface area (Å²) >= 11 is 5.80. The van der Waals surface area contributed by atoms with Crippen LogP contribution in [-0.4, -0.2) is 31.8 Å². The third kappa shape index (κ3) is 9.12. The molecule has 4 aromatic carbocycles. The number of fused-ring (bicyclic) bond motifs is 1. The Morgan fingerprint density at radius 1 is 0.767 bits per heavy atom. The van der Waals surface area contributed by atoms with Crippen LogP contribution >= 0.6 is 11.6 Å². The maximum atomic E-state index is 13.1. The molecule has 43 heavy (non-hydrogen) atoms. The molecule has 4 aromatic rings. The summed E-state index contributed by atoms with van der Waals surface area (Å²) in [5, 5.41) is 40.3. The minimum atomic E-state index is -4.90. The molecule has 0 radical (unpaired) electrons. The van der Waals surface area contributed by atoms with Crippen molar-refractivity contribution in [1.82, 2.24) is 0 Å². The van der Waals surface area contributed by atoms with E-state index < -0.39 is 47.4 Å². The molecular weight excluding hydrogens is 644 g/mol. The summed E-state index contributed by atoms with van der Waals surface area (Å²) in [6, 6.07) is 13.1.